The molecule has 2 aliphatic carbocycles. The second-order valence-corrected chi connectivity index (χ2v) is 17.0. The standard InChI is InChI=1S/C37H53ClN3O8PS/c1-4-48-50(46,49-5-2)35(44)31(19-20-33(42)41(3)37(21-22-37)25-28-15-10-7-11-16-28)39-34(43)32(24-27-13-8-6-9-14-27)51-40-36(45)47-26-29-17-12-18-30(38)23-29/h7,10-12,15-18,23,27,31-32,35,44H,4-6,8-9,13-14,19-22,24-26H2,1-3H3,(H,39,43)(H,40,45)/t31-,32-,35?/m0/s1. The number of nitrogens with one attached hydrogen (secondary N) is 2. The molecule has 3 atom stereocenters. The quantitative estimate of drug-likeness (QED) is 0.0916. The van der Waals surface area contributed by atoms with Crippen LogP contribution in [0.5, 0.6) is 0 Å². The highest BCUT2D eigenvalue weighted by Crippen LogP contribution is 2.53. The fourth-order valence-electron chi connectivity index (χ4n) is 6.66. The van der Waals surface area contributed by atoms with E-state index in [0.717, 1.165) is 74.4 Å². The summed E-state index contributed by atoms with van der Waals surface area (Å²) in [6.07, 6.45) is 7.44. The number of likely N-dealkylation sites (N-methyl/N-ethyl adjacent to an activating group) is 1. The summed E-state index contributed by atoms with van der Waals surface area (Å²) in [5.41, 5.74) is 1.58. The molecule has 0 bridgehead atoms. The van der Waals surface area contributed by atoms with Gasteiger partial charge in [0.2, 0.25) is 11.8 Å². The number of aliphatic hydroxyl groups is 1. The van der Waals surface area contributed by atoms with E-state index >= 15 is 0 Å². The van der Waals surface area contributed by atoms with Gasteiger partial charge < -0.3 is 29.1 Å². The molecule has 1 unspecified atom stereocenters. The van der Waals surface area contributed by atoms with Gasteiger partial charge in [0.1, 0.15) is 11.9 Å². The maximum absolute atomic E-state index is 14.0. The molecule has 2 aliphatic rings. The summed E-state index contributed by atoms with van der Waals surface area (Å²) in [6, 6.07) is 15.9. The van der Waals surface area contributed by atoms with Crippen LogP contribution in [-0.4, -0.2) is 70.9 Å². The van der Waals surface area contributed by atoms with Crippen molar-refractivity contribution in [3.8, 4) is 0 Å². The van der Waals surface area contributed by atoms with Crippen LogP contribution in [0, 0.1) is 5.92 Å². The Labute approximate surface area is 311 Å². The first kappa shape index (κ1) is 41.2. The molecule has 0 heterocycles. The Balaban J connectivity index is 1.46. The fourth-order valence-corrected chi connectivity index (χ4v) is 9.48. The Kier molecular flexibility index (Phi) is 16.2. The van der Waals surface area contributed by atoms with Crippen molar-refractivity contribution in [2.24, 2.45) is 5.92 Å². The van der Waals surface area contributed by atoms with Gasteiger partial charge in [-0.05, 0) is 87.1 Å². The van der Waals surface area contributed by atoms with Crippen LogP contribution in [0.1, 0.15) is 89.2 Å². The number of carbonyl (C=O) groups excluding carboxylic acids is 3. The molecule has 14 heteroatoms. The van der Waals surface area contributed by atoms with Gasteiger partial charge in [-0.3, -0.25) is 18.9 Å². The van der Waals surface area contributed by atoms with E-state index < -0.39 is 36.7 Å². The van der Waals surface area contributed by atoms with E-state index in [9.17, 15) is 24.1 Å². The van der Waals surface area contributed by atoms with Crippen LogP contribution in [-0.2, 0) is 41.0 Å². The Morgan fingerprint density at radius 2 is 1.69 bits per heavy atom. The SMILES string of the molecule is CCOP(=O)(OCC)C(O)[C@H](CCC(=O)N(C)C1(Cc2ccccc2)CC1)NC(=O)[C@H](CC1CCCCC1)SNC(=O)OCc1cccc(Cl)c1. The number of ether oxygens (including phenoxy) is 1. The number of carbonyl (C=O) groups is 3. The molecule has 0 saturated heterocycles. The zero-order valence-electron chi connectivity index (χ0n) is 29.9. The fraction of sp³-hybridized carbons (Fsp3) is 0.595. The zero-order valence-corrected chi connectivity index (χ0v) is 32.4. The monoisotopic (exact) mass is 765 g/mol. The summed E-state index contributed by atoms with van der Waals surface area (Å²) < 4.78 is 32.7. The Bertz CT molecular complexity index is 1470. The van der Waals surface area contributed by atoms with E-state index in [-0.39, 0.29) is 50.0 Å². The number of aliphatic hydroxyl groups excluding tert-OH is 1. The average molecular weight is 766 g/mol. The van der Waals surface area contributed by atoms with Crippen molar-refractivity contribution in [3.63, 3.8) is 0 Å². The minimum absolute atomic E-state index is 0.0000402. The number of amides is 3. The van der Waals surface area contributed by atoms with Crippen LogP contribution in [0.25, 0.3) is 0 Å². The van der Waals surface area contributed by atoms with Crippen LogP contribution in [0.2, 0.25) is 5.02 Å². The van der Waals surface area contributed by atoms with Gasteiger partial charge in [0.15, 0.2) is 5.85 Å². The molecule has 51 heavy (non-hydrogen) atoms. The molecule has 11 nitrogen and oxygen atoms in total. The van der Waals surface area contributed by atoms with Gasteiger partial charge in [-0.25, -0.2) is 4.79 Å². The summed E-state index contributed by atoms with van der Waals surface area (Å²) in [6.45, 7) is 3.31. The first-order valence-corrected chi connectivity index (χ1v) is 20.9. The third-order valence-electron chi connectivity index (χ3n) is 9.70. The third kappa shape index (κ3) is 12.5. The predicted molar refractivity (Wildman–Crippen MR) is 200 cm³/mol. The second-order valence-electron chi connectivity index (χ2n) is 13.4. The van der Waals surface area contributed by atoms with E-state index in [4.69, 9.17) is 25.4 Å². The average Bonchev–Trinajstić information content (AvgIpc) is 3.91. The van der Waals surface area contributed by atoms with Gasteiger partial charge in [-0.15, -0.1) is 0 Å². The Morgan fingerprint density at radius 1 is 1.02 bits per heavy atom. The molecular weight excluding hydrogens is 713 g/mol. The predicted octanol–water partition coefficient (Wildman–Crippen LogP) is 7.64. The minimum Gasteiger partial charge on any atom is -0.444 e. The Morgan fingerprint density at radius 3 is 2.31 bits per heavy atom. The number of hydrogen-bond acceptors (Lipinski definition) is 9. The van der Waals surface area contributed by atoms with E-state index in [0.29, 0.717) is 11.4 Å². The highest BCUT2D eigenvalue weighted by molar-refractivity contribution is 7.99. The van der Waals surface area contributed by atoms with Crippen LogP contribution < -0.4 is 10.0 Å². The lowest BCUT2D eigenvalue weighted by molar-refractivity contribution is -0.133. The normalized spacial score (nSPS) is 17.5. The largest absolute Gasteiger partial charge is 0.444 e. The molecular formula is C37H53ClN3O8PS. The number of rotatable bonds is 20. The molecule has 0 aromatic heterocycles. The first-order valence-electron chi connectivity index (χ1n) is 18.0. The summed E-state index contributed by atoms with van der Waals surface area (Å²) >= 11 is 6.99. The summed E-state index contributed by atoms with van der Waals surface area (Å²) in [5.74, 6) is -2.07. The summed E-state index contributed by atoms with van der Waals surface area (Å²) in [4.78, 5) is 42.1. The van der Waals surface area contributed by atoms with Crippen molar-refractivity contribution in [2.75, 3.05) is 20.3 Å². The number of nitrogens with zero attached hydrogens (tertiary/aromatic N) is 1. The maximum atomic E-state index is 14.0. The highest BCUT2D eigenvalue weighted by Gasteiger charge is 2.48. The summed E-state index contributed by atoms with van der Waals surface area (Å²) in [5, 5.41) is 14.2. The highest BCUT2D eigenvalue weighted by atomic mass is 35.5. The van der Waals surface area contributed by atoms with Crippen LogP contribution >= 0.6 is 31.1 Å². The molecule has 0 aliphatic heterocycles. The van der Waals surface area contributed by atoms with Gasteiger partial charge in [-0.1, -0.05) is 86.2 Å². The lowest BCUT2D eigenvalue weighted by Gasteiger charge is -2.32. The summed E-state index contributed by atoms with van der Waals surface area (Å²) in [7, 11) is -2.31. The molecule has 282 valence electrons. The smallest absolute Gasteiger partial charge is 0.417 e. The second kappa shape index (κ2) is 20.0. The van der Waals surface area contributed by atoms with Crippen molar-refractivity contribution in [3.05, 3.63) is 70.7 Å². The van der Waals surface area contributed by atoms with Crippen molar-refractivity contribution >= 4 is 49.1 Å². The molecule has 2 aromatic rings. The van der Waals surface area contributed by atoms with Crippen molar-refractivity contribution < 1.29 is 37.8 Å². The van der Waals surface area contributed by atoms with Gasteiger partial charge in [0, 0.05) is 24.0 Å². The van der Waals surface area contributed by atoms with Gasteiger partial charge in [0.25, 0.3) is 0 Å². The molecule has 2 saturated carbocycles. The molecule has 0 spiro atoms. The van der Waals surface area contributed by atoms with Gasteiger partial charge in [0.05, 0.1) is 19.3 Å². The lowest BCUT2D eigenvalue weighted by Crippen LogP contribution is -2.49. The van der Waals surface area contributed by atoms with Crippen LogP contribution in [0.3, 0.4) is 0 Å². The Hall–Kier alpha value is -2.60. The topological polar surface area (TPSA) is 144 Å². The molecule has 2 fully saturated rings. The molecule has 4 rings (SSSR count). The van der Waals surface area contributed by atoms with Crippen molar-refractivity contribution in [1.29, 1.82) is 0 Å². The lowest BCUT2D eigenvalue weighted by atomic mass is 9.86. The van der Waals surface area contributed by atoms with E-state index in [1.54, 1.807) is 50.1 Å². The van der Waals surface area contributed by atoms with Crippen molar-refractivity contribution in [2.45, 2.75) is 114 Å². The minimum atomic E-state index is -4.10. The van der Waals surface area contributed by atoms with Crippen LogP contribution in [0.4, 0.5) is 4.79 Å². The van der Waals surface area contributed by atoms with E-state index in [2.05, 4.69) is 22.2 Å². The first-order chi connectivity index (χ1) is 24.5. The van der Waals surface area contributed by atoms with Crippen LogP contribution in [0.15, 0.2) is 54.6 Å². The third-order valence-corrected chi connectivity index (χ3v) is 13.2. The van der Waals surface area contributed by atoms with E-state index in [1.807, 2.05) is 18.2 Å². The molecule has 0 radical (unpaired) electrons. The number of halogens is 1. The van der Waals surface area contributed by atoms with Gasteiger partial charge >= 0.3 is 13.7 Å². The van der Waals surface area contributed by atoms with Crippen molar-refractivity contribution in [1.82, 2.24) is 14.9 Å². The van der Waals surface area contributed by atoms with Gasteiger partial charge in [-0.2, -0.15) is 0 Å². The maximum Gasteiger partial charge on any atom is 0.417 e. The number of hydrogen-bond donors (Lipinski definition) is 3. The zero-order chi connectivity index (χ0) is 36.9. The number of benzene rings is 2. The molecule has 3 N–H and O–H groups in total. The van der Waals surface area contributed by atoms with E-state index in [1.165, 1.54) is 0 Å². The molecule has 3 amide bonds. The molecule has 2 aromatic carbocycles.